The highest BCUT2D eigenvalue weighted by atomic mass is 31.2. The maximum atomic E-state index is 13.7. The second-order valence-corrected chi connectivity index (χ2v) is 13.7. The van der Waals surface area contributed by atoms with E-state index in [4.69, 9.17) is 38.5 Å². The molecule has 1 unspecified atom stereocenters. The SMILES string of the molecule is CCOC(=O)c1c(OC(=O)c2ccc(COP(=O)(O)O)cc2)c(OC(=O)c2ccc(COP(=O)(O)O)cc2)c(C(O)N(C)C)n1-c1ccc(OC)cc1. The van der Waals surface area contributed by atoms with Crippen molar-refractivity contribution in [2.24, 2.45) is 0 Å². The molecule has 1 heterocycles. The van der Waals surface area contributed by atoms with Crippen molar-refractivity contribution in [1.29, 1.82) is 0 Å². The second-order valence-electron chi connectivity index (χ2n) is 11.2. The Labute approximate surface area is 302 Å². The molecule has 4 rings (SSSR count). The van der Waals surface area contributed by atoms with E-state index in [1.807, 2.05) is 0 Å². The summed E-state index contributed by atoms with van der Waals surface area (Å²) >= 11 is 0. The van der Waals surface area contributed by atoms with E-state index in [1.54, 1.807) is 12.1 Å². The standard InChI is InChI=1S/C33H36N2O16P2/c1-5-47-33(39)27-29(51-32(38)23-12-8-21(9-13-23)19-49-53(43,44)45)28(50-31(37)22-10-6-20(7-11-22)18-48-52(40,41)42)26(30(36)34(2)3)35(27)24-14-16-25(46-4)17-15-24/h6-17,30,36H,5,18-19H2,1-4H3,(H2,40,41,42)(H2,43,44,45). The van der Waals surface area contributed by atoms with Crippen molar-refractivity contribution in [2.45, 2.75) is 26.4 Å². The smallest absolute Gasteiger partial charge is 0.469 e. The van der Waals surface area contributed by atoms with Crippen LogP contribution in [-0.4, -0.2) is 79.9 Å². The highest BCUT2D eigenvalue weighted by Gasteiger charge is 2.38. The highest BCUT2D eigenvalue weighted by molar-refractivity contribution is 7.46. The number of aliphatic hydroxyl groups is 1. The average molecular weight is 779 g/mol. The Kier molecular flexibility index (Phi) is 13.5. The van der Waals surface area contributed by atoms with Crippen molar-refractivity contribution >= 4 is 33.6 Å². The Morgan fingerprint density at radius 3 is 1.57 bits per heavy atom. The number of aromatic nitrogens is 1. The lowest BCUT2D eigenvalue weighted by atomic mass is 10.1. The molecule has 0 aliphatic rings. The van der Waals surface area contributed by atoms with Gasteiger partial charge in [-0.1, -0.05) is 24.3 Å². The number of esters is 3. The number of ether oxygens (including phenoxy) is 4. The zero-order valence-electron chi connectivity index (χ0n) is 28.6. The molecular weight excluding hydrogens is 742 g/mol. The van der Waals surface area contributed by atoms with Gasteiger partial charge in [0, 0.05) is 5.69 Å². The molecule has 0 radical (unpaired) electrons. The van der Waals surface area contributed by atoms with Crippen molar-refractivity contribution in [1.82, 2.24) is 9.47 Å². The molecule has 1 aromatic heterocycles. The number of methoxy groups -OCH3 is 1. The molecule has 20 heteroatoms. The van der Waals surface area contributed by atoms with Crippen LogP contribution in [0.1, 0.15) is 61.2 Å². The first-order chi connectivity index (χ1) is 24.9. The number of hydrogen-bond acceptors (Lipinski definition) is 13. The third-order valence-electron chi connectivity index (χ3n) is 7.22. The van der Waals surface area contributed by atoms with Crippen molar-refractivity contribution in [3.8, 4) is 22.9 Å². The zero-order valence-corrected chi connectivity index (χ0v) is 30.4. The monoisotopic (exact) mass is 778 g/mol. The summed E-state index contributed by atoms with van der Waals surface area (Å²) in [5.74, 6) is -3.84. The molecule has 0 saturated carbocycles. The summed E-state index contributed by atoms with van der Waals surface area (Å²) < 4.78 is 54.6. The Hall–Kier alpha value is -4.71. The number of carbonyl (C=O) groups is 3. The van der Waals surface area contributed by atoms with Gasteiger partial charge in [-0.25, -0.2) is 23.5 Å². The number of nitrogens with zero attached hydrogens (tertiary/aromatic N) is 2. The summed E-state index contributed by atoms with van der Waals surface area (Å²) in [7, 11) is -5.11. The zero-order chi connectivity index (χ0) is 39.1. The largest absolute Gasteiger partial charge is 0.497 e. The second kappa shape index (κ2) is 17.4. The number of hydrogen-bond donors (Lipinski definition) is 5. The van der Waals surface area contributed by atoms with Crippen LogP contribution in [0.4, 0.5) is 0 Å². The fourth-order valence-corrected chi connectivity index (χ4v) is 5.33. The minimum atomic E-state index is -4.77. The molecule has 0 saturated heterocycles. The van der Waals surface area contributed by atoms with Gasteiger partial charge in [0.2, 0.25) is 5.75 Å². The summed E-state index contributed by atoms with van der Waals surface area (Å²) in [6.07, 6.45) is -1.61. The van der Waals surface area contributed by atoms with Gasteiger partial charge in [-0.2, -0.15) is 0 Å². The molecule has 0 amide bonds. The van der Waals surface area contributed by atoms with Crippen molar-refractivity contribution in [2.75, 3.05) is 27.8 Å². The lowest BCUT2D eigenvalue weighted by Gasteiger charge is -2.22. The van der Waals surface area contributed by atoms with Crippen molar-refractivity contribution in [3.05, 3.63) is 106 Å². The summed E-state index contributed by atoms with van der Waals surface area (Å²) in [6.45, 7) is 0.467. The third-order valence-corrected chi connectivity index (χ3v) is 8.15. The van der Waals surface area contributed by atoms with Crippen LogP contribution in [0.25, 0.3) is 5.69 Å². The Bertz CT molecular complexity index is 2020. The van der Waals surface area contributed by atoms with E-state index in [2.05, 4.69) is 9.05 Å². The molecule has 5 N–H and O–H groups in total. The third kappa shape index (κ3) is 10.9. The normalized spacial score (nSPS) is 12.3. The first-order valence-electron chi connectivity index (χ1n) is 15.4. The Morgan fingerprint density at radius 1 is 0.717 bits per heavy atom. The number of rotatable bonds is 16. The fourth-order valence-electron chi connectivity index (χ4n) is 4.70. The fraction of sp³-hybridized carbons (Fsp3) is 0.242. The molecular formula is C33H36N2O16P2. The van der Waals surface area contributed by atoms with E-state index in [0.29, 0.717) is 16.9 Å². The Morgan fingerprint density at radius 2 is 1.17 bits per heavy atom. The average Bonchev–Trinajstić information content (AvgIpc) is 3.42. The predicted molar refractivity (Wildman–Crippen MR) is 183 cm³/mol. The van der Waals surface area contributed by atoms with Crippen LogP contribution in [0.3, 0.4) is 0 Å². The van der Waals surface area contributed by atoms with Crippen LogP contribution in [0.15, 0.2) is 72.8 Å². The minimum Gasteiger partial charge on any atom is -0.497 e. The lowest BCUT2D eigenvalue weighted by Crippen LogP contribution is -2.24. The van der Waals surface area contributed by atoms with E-state index < -0.39 is 70.2 Å². The molecule has 284 valence electrons. The molecule has 0 aliphatic carbocycles. The number of aliphatic hydroxyl groups excluding tert-OH is 1. The molecule has 53 heavy (non-hydrogen) atoms. The lowest BCUT2D eigenvalue weighted by molar-refractivity contribution is 0.0308. The van der Waals surface area contributed by atoms with E-state index in [1.165, 1.54) is 98.3 Å². The molecule has 4 aromatic rings. The van der Waals surface area contributed by atoms with Crippen LogP contribution in [-0.2, 0) is 36.1 Å². The van der Waals surface area contributed by atoms with Gasteiger partial charge in [0.1, 0.15) is 11.4 Å². The van der Waals surface area contributed by atoms with Crippen LogP contribution >= 0.6 is 15.6 Å². The number of benzene rings is 3. The topological polar surface area (TPSA) is 250 Å². The van der Waals surface area contributed by atoms with E-state index in [0.717, 1.165) is 0 Å². The van der Waals surface area contributed by atoms with Gasteiger partial charge in [-0.05, 0) is 80.7 Å². The van der Waals surface area contributed by atoms with Crippen molar-refractivity contribution < 1.29 is 76.2 Å². The van der Waals surface area contributed by atoms with Crippen LogP contribution in [0.5, 0.6) is 17.2 Å². The first kappa shape index (κ1) is 41.1. The van der Waals surface area contributed by atoms with E-state index >= 15 is 0 Å². The highest BCUT2D eigenvalue weighted by Crippen LogP contribution is 2.45. The van der Waals surface area contributed by atoms with Gasteiger partial charge >= 0.3 is 33.6 Å². The Balaban J connectivity index is 1.89. The minimum absolute atomic E-state index is 0.0875. The molecule has 3 aromatic carbocycles. The number of phosphoric ester groups is 2. The molecule has 0 aliphatic heterocycles. The maximum absolute atomic E-state index is 13.7. The molecule has 1 atom stereocenters. The summed E-state index contributed by atoms with van der Waals surface area (Å²) in [5, 5.41) is 11.6. The van der Waals surface area contributed by atoms with E-state index in [9.17, 15) is 28.6 Å². The van der Waals surface area contributed by atoms with Gasteiger partial charge in [0.25, 0.3) is 0 Å². The van der Waals surface area contributed by atoms with Crippen LogP contribution in [0.2, 0.25) is 0 Å². The number of phosphoric acid groups is 2. The summed E-state index contributed by atoms with van der Waals surface area (Å²) in [6, 6.07) is 16.7. The van der Waals surface area contributed by atoms with E-state index in [-0.39, 0.29) is 29.1 Å². The summed E-state index contributed by atoms with van der Waals surface area (Å²) in [4.78, 5) is 78.4. The van der Waals surface area contributed by atoms with Gasteiger partial charge in [-0.3, -0.25) is 18.5 Å². The molecule has 0 fully saturated rings. The van der Waals surface area contributed by atoms with Gasteiger partial charge in [-0.15, -0.1) is 0 Å². The number of carbonyl (C=O) groups excluding carboxylic acids is 3. The quantitative estimate of drug-likeness (QED) is 0.0615. The first-order valence-corrected chi connectivity index (χ1v) is 18.5. The van der Waals surface area contributed by atoms with Gasteiger partial charge in [0.15, 0.2) is 17.7 Å². The van der Waals surface area contributed by atoms with Crippen molar-refractivity contribution in [3.63, 3.8) is 0 Å². The predicted octanol–water partition coefficient (Wildman–Crippen LogP) is 3.87. The maximum Gasteiger partial charge on any atom is 0.469 e. The van der Waals surface area contributed by atoms with Gasteiger partial charge in [0.05, 0.1) is 38.1 Å². The molecule has 18 nitrogen and oxygen atoms in total. The molecule has 0 bridgehead atoms. The van der Waals surface area contributed by atoms with Gasteiger partial charge < -0.3 is 43.6 Å². The van der Waals surface area contributed by atoms with Crippen LogP contribution in [0, 0.1) is 0 Å². The molecule has 0 spiro atoms. The summed E-state index contributed by atoms with van der Waals surface area (Å²) in [5.41, 5.74) is -0.0248. The van der Waals surface area contributed by atoms with Crippen LogP contribution < -0.4 is 14.2 Å².